The number of nitrogens with zero attached hydrogens (tertiary/aromatic N) is 1. The van der Waals surface area contributed by atoms with Gasteiger partial charge in [0, 0.05) is 10.6 Å². The number of anilines is 1. The van der Waals surface area contributed by atoms with Gasteiger partial charge in [-0.3, -0.25) is 9.69 Å². The summed E-state index contributed by atoms with van der Waals surface area (Å²) >= 11 is 18.9. The average molecular weight is 440 g/mol. The van der Waals surface area contributed by atoms with Gasteiger partial charge in [0.05, 0.1) is 29.3 Å². The van der Waals surface area contributed by atoms with Crippen molar-refractivity contribution in [1.29, 1.82) is 0 Å². The lowest BCUT2D eigenvalue weighted by molar-refractivity contribution is -0.113. The van der Waals surface area contributed by atoms with Gasteiger partial charge in [-0.2, -0.15) is 0 Å². The van der Waals surface area contributed by atoms with Crippen LogP contribution in [0, 0.1) is 0 Å². The van der Waals surface area contributed by atoms with Crippen LogP contribution in [-0.2, 0) is 4.79 Å². The molecule has 2 aromatic carbocycles. The molecule has 0 spiro atoms. The summed E-state index contributed by atoms with van der Waals surface area (Å²) in [6, 6.07) is 10.4. The van der Waals surface area contributed by atoms with E-state index in [0.29, 0.717) is 43.1 Å². The van der Waals surface area contributed by atoms with Gasteiger partial charge in [0.2, 0.25) is 0 Å². The number of carbonyl (C=O) groups is 1. The highest BCUT2D eigenvalue weighted by Gasteiger charge is 2.33. The Morgan fingerprint density at radius 1 is 1.19 bits per heavy atom. The van der Waals surface area contributed by atoms with Crippen LogP contribution >= 0.6 is 47.2 Å². The van der Waals surface area contributed by atoms with Crippen molar-refractivity contribution in [1.82, 2.24) is 0 Å². The maximum atomic E-state index is 12.9. The highest BCUT2D eigenvalue weighted by molar-refractivity contribution is 8.27. The predicted octanol–water partition coefficient (Wildman–Crippen LogP) is 5.81. The third-order valence-electron chi connectivity index (χ3n) is 3.75. The van der Waals surface area contributed by atoms with E-state index in [0.717, 1.165) is 5.56 Å². The van der Waals surface area contributed by atoms with Gasteiger partial charge in [-0.05, 0) is 49.4 Å². The first-order valence-electron chi connectivity index (χ1n) is 7.98. The normalized spacial score (nSPS) is 15.6. The number of thioether (sulfide) groups is 1. The number of benzene rings is 2. The van der Waals surface area contributed by atoms with Crippen molar-refractivity contribution in [3.8, 4) is 11.5 Å². The van der Waals surface area contributed by atoms with Crippen molar-refractivity contribution in [2.75, 3.05) is 18.6 Å². The van der Waals surface area contributed by atoms with Crippen LogP contribution in [0.1, 0.15) is 12.5 Å². The Labute approximate surface area is 177 Å². The zero-order chi connectivity index (χ0) is 19.6. The minimum Gasteiger partial charge on any atom is -0.495 e. The van der Waals surface area contributed by atoms with Gasteiger partial charge in [0.25, 0.3) is 5.91 Å². The van der Waals surface area contributed by atoms with E-state index in [4.69, 9.17) is 44.9 Å². The fourth-order valence-corrected chi connectivity index (χ4v) is 4.27. The monoisotopic (exact) mass is 439 g/mol. The first kappa shape index (κ1) is 20.0. The molecule has 1 saturated heterocycles. The van der Waals surface area contributed by atoms with E-state index in [-0.39, 0.29) is 5.91 Å². The zero-order valence-electron chi connectivity index (χ0n) is 14.5. The Balaban J connectivity index is 1.96. The smallest absolute Gasteiger partial charge is 0.270 e. The summed E-state index contributed by atoms with van der Waals surface area (Å²) in [4.78, 5) is 14.9. The Hall–Kier alpha value is -1.73. The van der Waals surface area contributed by atoms with Gasteiger partial charge < -0.3 is 9.47 Å². The Bertz CT molecular complexity index is 947. The maximum Gasteiger partial charge on any atom is 0.270 e. The second kappa shape index (κ2) is 8.52. The number of thiocarbonyl (C=S) groups is 1. The van der Waals surface area contributed by atoms with Crippen LogP contribution in [0.3, 0.4) is 0 Å². The van der Waals surface area contributed by atoms with Crippen LogP contribution in [0.5, 0.6) is 11.5 Å². The van der Waals surface area contributed by atoms with Crippen molar-refractivity contribution in [3.05, 3.63) is 56.9 Å². The number of hydrogen-bond donors (Lipinski definition) is 0. The first-order valence-corrected chi connectivity index (χ1v) is 9.96. The van der Waals surface area contributed by atoms with Crippen LogP contribution in [0.15, 0.2) is 41.3 Å². The molecule has 1 amide bonds. The third-order valence-corrected chi connectivity index (χ3v) is 5.58. The summed E-state index contributed by atoms with van der Waals surface area (Å²) in [6.07, 6.45) is 1.74. The molecule has 27 heavy (non-hydrogen) atoms. The molecule has 1 aliphatic heterocycles. The summed E-state index contributed by atoms with van der Waals surface area (Å²) in [6.45, 7) is 2.40. The highest BCUT2D eigenvalue weighted by atomic mass is 35.5. The van der Waals surface area contributed by atoms with Gasteiger partial charge >= 0.3 is 0 Å². The van der Waals surface area contributed by atoms with Crippen LogP contribution in [-0.4, -0.2) is 23.9 Å². The molecule has 0 aromatic heterocycles. The zero-order valence-corrected chi connectivity index (χ0v) is 17.6. The SMILES string of the molecule is CCOc1ccc(Cl)cc1/C=C1\SC(=S)N(c2ccc(OC)c(Cl)c2)C1=O. The molecule has 140 valence electrons. The van der Waals surface area contributed by atoms with Crippen LogP contribution in [0.25, 0.3) is 6.08 Å². The van der Waals surface area contributed by atoms with Crippen molar-refractivity contribution >= 4 is 69.2 Å². The van der Waals surface area contributed by atoms with E-state index in [2.05, 4.69) is 0 Å². The molecular formula is C19H15Cl2NO3S2. The van der Waals surface area contributed by atoms with Gasteiger partial charge in [-0.25, -0.2) is 0 Å². The second-order valence-corrected chi connectivity index (χ2v) is 7.97. The van der Waals surface area contributed by atoms with E-state index in [1.807, 2.05) is 6.92 Å². The Morgan fingerprint density at radius 3 is 2.59 bits per heavy atom. The molecule has 1 aliphatic rings. The topological polar surface area (TPSA) is 38.8 Å². The van der Waals surface area contributed by atoms with Crippen molar-refractivity contribution in [2.45, 2.75) is 6.92 Å². The Morgan fingerprint density at radius 2 is 1.93 bits per heavy atom. The van der Waals surface area contributed by atoms with Gasteiger partial charge in [0.15, 0.2) is 4.32 Å². The standard InChI is InChI=1S/C19H15Cl2NO3S2/c1-3-25-15-6-4-12(20)8-11(15)9-17-18(23)22(19(26)27-17)13-5-7-16(24-2)14(21)10-13/h4-10H,3H2,1-2H3/b17-9-. The minimum atomic E-state index is -0.228. The Kier molecular flexibility index (Phi) is 6.32. The number of ether oxygens (including phenoxy) is 2. The number of methoxy groups -OCH3 is 1. The van der Waals surface area contributed by atoms with Crippen molar-refractivity contribution in [2.24, 2.45) is 0 Å². The number of rotatable bonds is 5. The van der Waals surface area contributed by atoms with E-state index < -0.39 is 0 Å². The fourth-order valence-electron chi connectivity index (χ4n) is 2.55. The molecule has 0 aliphatic carbocycles. The van der Waals surface area contributed by atoms with Crippen molar-refractivity contribution < 1.29 is 14.3 Å². The molecule has 0 bridgehead atoms. The lowest BCUT2D eigenvalue weighted by Crippen LogP contribution is -2.27. The molecule has 8 heteroatoms. The molecular weight excluding hydrogens is 425 g/mol. The van der Waals surface area contributed by atoms with Gasteiger partial charge in [-0.15, -0.1) is 0 Å². The van der Waals surface area contributed by atoms with Gasteiger partial charge in [0.1, 0.15) is 11.5 Å². The number of carbonyl (C=O) groups excluding carboxylic acids is 1. The summed E-state index contributed by atoms with van der Waals surface area (Å²) < 4.78 is 11.2. The molecule has 0 atom stereocenters. The summed E-state index contributed by atoms with van der Waals surface area (Å²) in [7, 11) is 1.53. The molecule has 2 aromatic rings. The van der Waals surface area contributed by atoms with Crippen LogP contribution < -0.4 is 14.4 Å². The molecule has 0 saturated carbocycles. The minimum absolute atomic E-state index is 0.228. The lowest BCUT2D eigenvalue weighted by atomic mass is 10.1. The molecule has 0 N–H and O–H groups in total. The van der Waals surface area contributed by atoms with E-state index >= 15 is 0 Å². The molecule has 0 radical (unpaired) electrons. The summed E-state index contributed by atoms with van der Waals surface area (Å²) in [5, 5.41) is 0.962. The quantitative estimate of drug-likeness (QED) is 0.434. The molecule has 1 heterocycles. The maximum absolute atomic E-state index is 12.9. The average Bonchev–Trinajstić information content (AvgIpc) is 2.91. The van der Waals surface area contributed by atoms with Crippen LogP contribution in [0.2, 0.25) is 10.0 Å². The van der Waals surface area contributed by atoms with Crippen molar-refractivity contribution in [3.63, 3.8) is 0 Å². The molecule has 0 unspecified atom stereocenters. The molecule has 3 rings (SSSR count). The number of amides is 1. The van der Waals surface area contributed by atoms with Gasteiger partial charge in [-0.1, -0.05) is 47.2 Å². The molecule has 1 fully saturated rings. The second-order valence-electron chi connectivity index (χ2n) is 5.45. The van der Waals surface area contributed by atoms with E-state index in [1.165, 1.54) is 23.8 Å². The highest BCUT2D eigenvalue weighted by Crippen LogP contribution is 2.39. The predicted molar refractivity (Wildman–Crippen MR) is 116 cm³/mol. The fraction of sp³-hybridized carbons (Fsp3) is 0.158. The molecule has 4 nitrogen and oxygen atoms in total. The summed E-state index contributed by atoms with van der Waals surface area (Å²) in [5.74, 6) is 0.954. The van der Waals surface area contributed by atoms with Crippen LogP contribution in [0.4, 0.5) is 5.69 Å². The third kappa shape index (κ3) is 4.24. The summed E-state index contributed by atoms with van der Waals surface area (Å²) in [5.41, 5.74) is 1.31. The number of hydrogen-bond acceptors (Lipinski definition) is 5. The number of halogens is 2. The van der Waals surface area contributed by atoms with E-state index in [1.54, 1.807) is 42.5 Å². The van der Waals surface area contributed by atoms with E-state index in [9.17, 15) is 4.79 Å². The largest absolute Gasteiger partial charge is 0.495 e. The lowest BCUT2D eigenvalue weighted by Gasteiger charge is -2.15. The first-order chi connectivity index (χ1) is 12.9.